The zero-order chi connectivity index (χ0) is 16.6. The molecule has 0 spiro atoms. The molecule has 3 nitrogen and oxygen atoms in total. The molecule has 120 valence electrons. The molecule has 0 aliphatic heterocycles. The predicted molar refractivity (Wildman–Crippen MR) is 100 cm³/mol. The molecule has 1 aromatic heterocycles. The number of benzene rings is 2. The molecule has 0 radical (unpaired) electrons. The Morgan fingerprint density at radius 1 is 0.958 bits per heavy atom. The van der Waals surface area contributed by atoms with E-state index in [9.17, 15) is 0 Å². The lowest BCUT2D eigenvalue weighted by atomic mass is 10.1. The maximum absolute atomic E-state index is 5.24. The molecule has 0 bridgehead atoms. The summed E-state index contributed by atoms with van der Waals surface area (Å²) < 4.78 is 5.24. The van der Waals surface area contributed by atoms with Crippen LogP contribution in [-0.4, -0.2) is 23.1 Å². The number of ether oxygens (including phenoxy) is 1. The van der Waals surface area contributed by atoms with Crippen LogP contribution in [0.1, 0.15) is 5.56 Å². The van der Waals surface area contributed by atoms with E-state index in [1.165, 1.54) is 5.56 Å². The largest absolute Gasteiger partial charge is 0.497 e. The second-order valence-electron chi connectivity index (χ2n) is 5.11. The predicted octanol–water partition coefficient (Wildman–Crippen LogP) is 4.96. The maximum atomic E-state index is 5.24. The van der Waals surface area contributed by atoms with Gasteiger partial charge in [-0.25, -0.2) is 0 Å². The van der Waals surface area contributed by atoms with E-state index in [4.69, 9.17) is 4.74 Å². The van der Waals surface area contributed by atoms with Crippen molar-refractivity contribution in [1.29, 1.82) is 0 Å². The number of rotatable bonds is 6. The van der Waals surface area contributed by atoms with E-state index >= 15 is 0 Å². The molecule has 0 amide bonds. The zero-order valence-corrected chi connectivity index (χ0v) is 14.2. The van der Waals surface area contributed by atoms with Crippen molar-refractivity contribution in [1.82, 2.24) is 10.2 Å². The van der Waals surface area contributed by atoms with Crippen LogP contribution in [0.15, 0.2) is 77.8 Å². The SMILES string of the molecule is COc1cccc(-c2ccc(SC/C=C/c3ccccc3)nn2)c1. The summed E-state index contributed by atoms with van der Waals surface area (Å²) in [5.41, 5.74) is 3.05. The second-order valence-corrected chi connectivity index (χ2v) is 6.15. The first-order valence-electron chi connectivity index (χ1n) is 7.68. The molecule has 24 heavy (non-hydrogen) atoms. The first kappa shape index (κ1) is 16.3. The van der Waals surface area contributed by atoms with Gasteiger partial charge in [-0.05, 0) is 29.8 Å². The number of methoxy groups -OCH3 is 1. The highest BCUT2D eigenvalue weighted by atomic mass is 32.2. The number of aromatic nitrogens is 2. The fraction of sp³-hybridized carbons (Fsp3) is 0.100. The summed E-state index contributed by atoms with van der Waals surface area (Å²) >= 11 is 1.67. The highest BCUT2D eigenvalue weighted by molar-refractivity contribution is 7.99. The van der Waals surface area contributed by atoms with Gasteiger partial charge in [0, 0.05) is 11.3 Å². The first-order chi connectivity index (χ1) is 11.8. The molecule has 3 aromatic rings. The summed E-state index contributed by atoms with van der Waals surface area (Å²) in [6, 6.07) is 22.1. The van der Waals surface area contributed by atoms with Crippen molar-refractivity contribution in [2.24, 2.45) is 0 Å². The van der Waals surface area contributed by atoms with E-state index < -0.39 is 0 Å². The number of nitrogens with zero attached hydrogens (tertiary/aromatic N) is 2. The van der Waals surface area contributed by atoms with E-state index in [2.05, 4.69) is 34.5 Å². The second kappa shape index (κ2) is 8.31. The van der Waals surface area contributed by atoms with E-state index in [0.717, 1.165) is 27.8 Å². The van der Waals surface area contributed by atoms with Gasteiger partial charge in [-0.15, -0.1) is 22.0 Å². The van der Waals surface area contributed by atoms with Crippen LogP contribution in [0.3, 0.4) is 0 Å². The van der Waals surface area contributed by atoms with E-state index in [0.29, 0.717) is 0 Å². The molecule has 3 rings (SSSR count). The Kier molecular flexibility index (Phi) is 5.64. The third kappa shape index (κ3) is 4.46. The molecule has 0 N–H and O–H groups in total. The van der Waals surface area contributed by atoms with Crippen LogP contribution in [0, 0.1) is 0 Å². The lowest BCUT2D eigenvalue weighted by Crippen LogP contribution is -1.90. The Morgan fingerprint density at radius 3 is 2.58 bits per heavy atom. The molecule has 0 saturated carbocycles. The van der Waals surface area contributed by atoms with E-state index in [1.54, 1.807) is 18.9 Å². The molecule has 0 aliphatic carbocycles. The van der Waals surface area contributed by atoms with Crippen LogP contribution in [-0.2, 0) is 0 Å². The number of hydrogen-bond acceptors (Lipinski definition) is 4. The third-order valence-electron chi connectivity index (χ3n) is 3.44. The maximum Gasteiger partial charge on any atom is 0.119 e. The smallest absolute Gasteiger partial charge is 0.119 e. The van der Waals surface area contributed by atoms with E-state index in [1.807, 2.05) is 54.6 Å². The molecule has 2 aromatic carbocycles. The van der Waals surface area contributed by atoms with Crippen LogP contribution in [0.4, 0.5) is 0 Å². The topological polar surface area (TPSA) is 35.0 Å². The minimum absolute atomic E-state index is 0.818. The molecule has 0 unspecified atom stereocenters. The first-order valence-corrected chi connectivity index (χ1v) is 8.66. The van der Waals surface area contributed by atoms with Crippen LogP contribution in [0.5, 0.6) is 5.75 Å². The van der Waals surface area contributed by atoms with Gasteiger partial charge in [0.25, 0.3) is 0 Å². The van der Waals surface area contributed by atoms with Crippen LogP contribution >= 0.6 is 11.8 Å². The molecule has 0 atom stereocenters. The minimum Gasteiger partial charge on any atom is -0.497 e. The highest BCUT2D eigenvalue weighted by Gasteiger charge is 2.02. The van der Waals surface area contributed by atoms with Crippen LogP contribution in [0.25, 0.3) is 17.3 Å². The van der Waals surface area contributed by atoms with Crippen LogP contribution < -0.4 is 4.74 Å². The van der Waals surface area contributed by atoms with Crippen molar-refractivity contribution in [3.63, 3.8) is 0 Å². The number of hydrogen-bond donors (Lipinski definition) is 0. The standard InChI is InChI=1S/C20H18N2OS/c1-23-18-11-5-10-17(15-18)19-12-13-20(22-21-19)24-14-6-9-16-7-3-2-4-8-16/h2-13,15H,14H2,1H3/b9-6+. The van der Waals surface area contributed by atoms with Crippen LogP contribution in [0.2, 0.25) is 0 Å². The lowest BCUT2D eigenvalue weighted by Gasteiger charge is -2.04. The van der Waals surface area contributed by atoms with Crippen molar-refractivity contribution < 1.29 is 4.74 Å². The quantitative estimate of drug-likeness (QED) is 0.597. The summed E-state index contributed by atoms with van der Waals surface area (Å²) in [6.45, 7) is 0. The average molecular weight is 334 g/mol. The molecule has 0 aliphatic rings. The van der Waals surface area contributed by atoms with E-state index in [-0.39, 0.29) is 0 Å². The van der Waals surface area contributed by atoms with Gasteiger partial charge >= 0.3 is 0 Å². The Balaban J connectivity index is 1.59. The summed E-state index contributed by atoms with van der Waals surface area (Å²) in [6.07, 6.45) is 4.25. The number of thioether (sulfide) groups is 1. The normalized spacial score (nSPS) is 10.9. The molecule has 1 heterocycles. The van der Waals surface area contributed by atoms with Gasteiger partial charge in [0.2, 0.25) is 0 Å². The van der Waals surface area contributed by atoms with Gasteiger partial charge in [-0.2, -0.15) is 0 Å². The van der Waals surface area contributed by atoms with Gasteiger partial charge in [0.15, 0.2) is 0 Å². The van der Waals surface area contributed by atoms with Gasteiger partial charge in [-0.3, -0.25) is 0 Å². The molecular formula is C20H18N2OS. The lowest BCUT2D eigenvalue weighted by molar-refractivity contribution is 0.415. The molecular weight excluding hydrogens is 316 g/mol. The average Bonchev–Trinajstić information content (AvgIpc) is 2.66. The Bertz CT molecular complexity index is 801. The van der Waals surface area contributed by atoms with Crippen molar-refractivity contribution in [3.05, 3.63) is 78.4 Å². The van der Waals surface area contributed by atoms with Crippen molar-refractivity contribution >= 4 is 17.8 Å². The zero-order valence-electron chi connectivity index (χ0n) is 13.4. The molecule has 0 saturated heterocycles. The van der Waals surface area contributed by atoms with Crippen molar-refractivity contribution in [3.8, 4) is 17.0 Å². The summed E-state index contributed by atoms with van der Waals surface area (Å²) in [4.78, 5) is 0. The minimum atomic E-state index is 0.818. The van der Waals surface area contributed by atoms with Gasteiger partial charge in [0.1, 0.15) is 10.8 Å². The third-order valence-corrected chi connectivity index (χ3v) is 4.32. The molecule has 0 fully saturated rings. The summed E-state index contributed by atoms with van der Waals surface area (Å²) in [5.74, 6) is 1.68. The Hall–Kier alpha value is -2.59. The highest BCUT2D eigenvalue weighted by Crippen LogP contribution is 2.23. The Labute approximate surface area is 146 Å². The van der Waals surface area contributed by atoms with Gasteiger partial charge < -0.3 is 4.74 Å². The fourth-order valence-corrected chi connectivity index (χ4v) is 2.84. The molecule has 4 heteroatoms. The fourth-order valence-electron chi connectivity index (χ4n) is 2.22. The Morgan fingerprint density at radius 2 is 1.83 bits per heavy atom. The monoisotopic (exact) mass is 334 g/mol. The van der Waals surface area contributed by atoms with Crippen molar-refractivity contribution in [2.45, 2.75) is 5.03 Å². The van der Waals surface area contributed by atoms with Gasteiger partial charge in [-0.1, -0.05) is 54.6 Å². The van der Waals surface area contributed by atoms with Crippen molar-refractivity contribution in [2.75, 3.05) is 12.9 Å². The summed E-state index contributed by atoms with van der Waals surface area (Å²) in [7, 11) is 1.66. The summed E-state index contributed by atoms with van der Waals surface area (Å²) in [5, 5.41) is 9.52. The van der Waals surface area contributed by atoms with Gasteiger partial charge in [0.05, 0.1) is 12.8 Å².